The highest BCUT2D eigenvalue weighted by Crippen LogP contribution is 2.15. The number of cyclic esters (lactones) is 1. The van der Waals surface area contributed by atoms with Gasteiger partial charge in [-0.05, 0) is 6.08 Å². The van der Waals surface area contributed by atoms with Crippen molar-refractivity contribution in [2.45, 2.75) is 18.6 Å². The van der Waals surface area contributed by atoms with Crippen molar-refractivity contribution < 1.29 is 14.3 Å². The molecule has 0 amide bonds. The lowest BCUT2D eigenvalue weighted by Gasteiger charge is -2.25. The number of hydrogen-bond acceptors (Lipinski definition) is 3. The van der Waals surface area contributed by atoms with Crippen LogP contribution in [0.15, 0.2) is 37.6 Å². The van der Waals surface area contributed by atoms with Gasteiger partial charge in [-0.3, -0.25) is 0 Å². The molecule has 0 bridgehead atoms. The monoisotopic (exact) mass is 180 g/mol. The second-order valence-corrected chi connectivity index (χ2v) is 2.63. The molecule has 3 heteroatoms. The molecule has 0 aromatic heterocycles. The predicted molar refractivity (Wildman–Crippen MR) is 48.9 cm³/mol. The third kappa shape index (κ3) is 2.47. The van der Waals surface area contributed by atoms with Crippen LogP contribution in [-0.4, -0.2) is 18.2 Å². The molecule has 0 fully saturated rings. The quantitative estimate of drug-likeness (QED) is 0.374. The summed E-state index contributed by atoms with van der Waals surface area (Å²) in [5.74, 6) is -0.337. The van der Waals surface area contributed by atoms with Crippen LogP contribution < -0.4 is 0 Å². The minimum Gasteiger partial charge on any atom is -0.491 e. The van der Waals surface area contributed by atoms with Crippen molar-refractivity contribution in [3.63, 3.8) is 0 Å². The number of rotatable bonds is 4. The second kappa shape index (κ2) is 4.50. The number of carbonyl (C=O) groups is 1. The molecule has 0 aromatic carbocycles. The van der Waals surface area contributed by atoms with E-state index < -0.39 is 0 Å². The first-order valence-electron chi connectivity index (χ1n) is 4.04. The summed E-state index contributed by atoms with van der Waals surface area (Å²) in [5.41, 5.74) is 0. The van der Waals surface area contributed by atoms with Gasteiger partial charge in [0.1, 0.15) is 6.10 Å². The summed E-state index contributed by atoms with van der Waals surface area (Å²) in [6, 6.07) is 0. The normalized spacial score (nSPS) is 26.3. The van der Waals surface area contributed by atoms with Crippen LogP contribution in [0.3, 0.4) is 0 Å². The van der Waals surface area contributed by atoms with Crippen molar-refractivity contribution in [1.82, 2.24) is 0 Å². The van der Waals surface area contributed by atoms with Crippen LogP contribution in [0, 0.1) is 0 Å². The predicted octanol–water partition coefficient (Wildman–Crippen LogP) is 1.57. The molecule has 2 atom stereocenters. The molecule has 0 unspecified atom stereocenters. The van der Waals surface area contributed by atoms with Crippen LogP contribution in [0.2, 0.25) is 0 Å². The molecular formula is C10H12O3. The average molecular weight is 180 g/mol. The molecule has 0 aromatic rings. The zero-order chi connectivity index (χ0) is 9.68. The summed E-state index contributed by atoms with van der Waals surface area (Å²) in [6.07, 6.45) is 6.10. The van der Waals surface area contributed by atoms with E-state index in [-0.39, 0.29) is 18.2 Å². The average Bonchev–Trinajstić information content (AvgIpc) is 2.10. The molecule has 1 heterocycles. The van der Waals surface area contributed by atoms with Crippen LogP contribution in [-0.2, 0) is 14.3 Å². The molecule has 0 saturated carbocycles. The van der Waals surface area contributed by atoms with Crippen molar-refractivity contribution >= 4 is 5.97 Å². The van der Waals surface area contributed by atoms with Gasteiger partial charge in [0.25, 0.3) is 0 Å². The Hall–Kier alpha value is -1.51. The molecule has 3 nitrogen and oxygen atoms in total. The Morgan fingerprint density at radius 1 is 1.62 bits per heavy atom. The number of hydrogen-bond donors (Lipinski definition) is 0. The second-order valence-electron chi connectivity index (χ2n) is 2.63. The highest BCUT2D eigenvalue weighted by atomic mass is 16.6. The lowest BCUT2D eigenvalue weighted by Crippen LogP contribution is -2.33. The molecular weight excluding hydrogens is 168 g/mol. The van der Waals surface area contributed by atoms with Crippen molar-refractivity contribution in [3.05, 3.63) is 37.6 Å². The minimum absolute atomic E-state index is 0.242. The van der Waals surface area contributed by atoms with E-state index in [0.29, 0.717) is 6.42 Å². The fourth-order valence-electron chi connectivity index (χ4n) is 1.14. The van der Waals surface area contributed by atoms with Crippen LogP contribution in [0.1, 0.15) is 6.42 Å². The van der Waals surface area contributed by atoms with Gasteiger partial charge in [-0.25, -0.2) is 4.79 Å². The maximum atomic E-state index is 10.9. The Balaban J connectivity index is 2.65. The van der Waals surface area contributed by atoms with Gasteiger partial charge < -0.3 is 9.47 Å². The van der Waals surface area contributed by atoms with Gasteiger partial charge in [-0.2, -0.15) is 0 Å². The van der Waals surface area contributed by atoms with Crippen molar-refractivity contribution in [2.75, 3.05) is 0 Å². The third-order valence-corrected chi connectivity index (χ3v) is 1.71. The highest BCUT2D eigenvalue weighted by Gasteiger charge is 2.25. The zero-order valence-electron chi connectivity index (χ0n) is 7.31. The van der Waals surface area contributed by atoms with E-state index in [0.717, 1.165) is 0 Å². The molecule has 0 saturated heterocycles. The first-order chi connectivity index (χ1) is 6.27. The maximum Gasteiger partial charge on any atom is 0.330 e. The zero-order valence-corrected chi connectivity index (χ0v) is 7.31. The third-order valence-electron chi connectivity index (χ3n) is 1.71. The molecule has 0 radical (unpaired) electrons. The molecule has 1 aliphatic rings. The largest absolute Gasteiger partial charge is 0.491 e. The summed E-state index contributed by atoms with van der Waals surface area (Å²) < 4.78 is 10.2. The molecule has 70 valence electrons. The maximum absolute atomic E-state index is 10.9. The van der Waals surface area contributed by atoms with Crippen molar-refractivity contribution in [1.29, 1.82) is 0 Å². The molecule has 0 spiro atoms. The SMILES string of the molecule is C=CC[C@H]1OC(=O)C=C[C@@H]1OC=C. The van der Waals surface area contributed by atoms with Crippen LogP contribution in [0.4, 0.5) is 0 Å². The van der Waals surface area contributed by atoms with Crippen molar-refractivity contribution in [2.24, 2.45) is 0 Å². The summed E-state index contributed by atoms with van der Waals surface area (Å²) in [5, 5.41) is 0. The lowest BCUT2D eigenvalue weighted by atomic mass is 10.1. The van der Waals surface area contributed by atoms with E-state index >= 15 is 0 Å². The smallest absolute Gasteiger partial charge is 0.330 e. The fraction of sp³-hybridized carbons (Fsp3) is 0.300. The number of esters is 1. The van der Waals surface area contributed by atoms with Gasteiger partial charge in [0.15, 0.2) is 6.10 Å². The first-order valence-corrected chi connectivity index (χ1v) is 4.04. The van der Waals surface area contributed by atoms with Crippen molar-refractivity contribution in [3.8, 4) is 0 Å². The minimum atomic E-state index is -0.337. The van der Waals surface area contributed by atoms with E-state index in [1.165, 1.54) is 12.3 Å². The molecule has 1 rings (SSSR count). The fourth-order valence-corrected chi connectivity index (χ4v) is 1.14. The van der Waals surface area contributed by atoms with Crippen LogP contribution >= 0.6 is 0 Å². The van der Waals surface area contributed by atoms with E-state index in [2.05, 4.69) is 13.2 Å². The Morgan fingerprint density at radius 3 is 3.00 bits per heavy atom. The van der Waals surface area contributed by atoms with Gasteiger partial charge in [-0.1, -0.05) is 12.7 Å². The van der Waals surface area contributed by atoms with Gasteiger partial charge >= 0.3 is 5.97 Å². The van der Waals surface area contributed by atoms with E-state index in [9.17, 15) is 4.79 Å². The Kier molecular flexibility index (Phi) is 3.31. The summed E-state index contributed by atoms with van der Waals surface area (Å²) in [7, 11) is 0. The van der Waals surface area contributed by atoms with Gasteiger partial charge in [-0.15, -0.1) is 6.58 Å². The first kappa shape index (κ1) is 9.58. The number of ether oxygens (including phenoxy) is 2. The Morgan fingerprint density at radius 2 is 2.38 bits per heavy atom. The molecule has 0 aliphatic carbocycles. The van der Waals surface area contributed by atoms with Crippen LogP contribution in [0.25, 0.3) is 0 Å². The van der Waals surface area contributed by atoms with Gasteiger partial charge in [0.05, 0.1) is 6.26 Å². The van der Waals surface area contributed by atoms with Gasteiger partial charge in [0, 0.05) is 12.5 Å². The van der Waals surface area contributed by atoms with E-state index in [1.54, 1.807) is 12.2 Å². The summed E-state index contributed by atoms with van der Waals surface area (Å²) in [4.78, 5) is 10.9. The summed E-state index contributed by atoms with van der Waals surface area (Å²) >= 11 is 0. The summed E-state index contributed by atoms with van der Waals surface area (Å²) in [6.45, 7) is 7.02. The standard InChI is InChI=1S/C10H12O3/c1-3-5-9-8(12-4-2)6-7-10(11)13-9/h3-4,6-9H,1-2,5H2/t8-,9+/m0/s1. The lowest BCUT2D eigenvalue weighted by molar-refractivity contribution is -0.149. The van der Waals surface area contributed by atoms with E-state index in [1.807, 2.05) is 0 Å². The molecule has 13 heavy (non-hydrogen) atoms. The Bertz CT molecular complexity index is 243. The van der Waals surface area contributed by atoms with E-state index in [4.69, 9.17) is 9.47 Å². The number of carbonyl (C=O) groups excluding carboxylic acids is 1. The van der Waals surface area contributed by atoms with Crippen LogP contribution in [0.5, 0.6) is 0 Å². The molecule has 0 N–H and O–H groups in total. The van der Waals surface area contributed by atoms with Gasteiger partial charge in [0.2, 0.25) is 0 Å². The molecule has 1 aliphatic heterocycles. The topological polar surface area (TPSA) is 35.5 Å². The highest BCUT2D eigenvalue weighted by molar-refractivity contribution is 5.83. The Labute approximate surface area is 77.3 Å².